The normalized spacial score (nSPS) is 22.0. The lowest BCUT2D eigenvalue weighted by molar-refractivity contribution is -0.128. The van der Waals surface area contributed by atoms with Gasteiger partial charge in [-0.25, -0.2) is 8.42 Å². The maximum absolute atomic E-state index is 13.1. The van der Waals surface area contributed by atoms with Gasteiger partial charge in [0.2, 0.25) is 15.9 Å². The second-order valence-corrected chi connectivity index (χ2v) is 10.1. The van der Waals surface area contributed by atoms with Gasteiger partial charge in [0.05, 0.1) is 12.5 Å². The van der Waals surface area contributed by atoms with Crippen molar-refractivity contribution in [3.63, 3.8) is 0 Å². The van der Waals surface area contributed by atoms with Crippen molar-refractivity contribution in [1.82, 2.24) is 14.6 Å². The molecule has 2 aromatic rings. The number of amides is 1. The Balaban J connectivity index is 1.55. The molecule has 2 aliphatic rings. The van der Waals surface area contributed by atoms with E-state index in [1.807, 2.05) is 19.1 Å². The number of nitrogens with zero attached hydrogens (tertiary/aromatic N) is 2. The second-order valence-electron chi connectivity index (χ2n) is 8.19. The summed E-state index contributed by atoms with van der Waals surface area (Å²) in [5, 5.41) is 2.97. The maximum Gasteiger partial charge on any atom is 0.244 e. The largest absolute Gasteiger partial charge is 0.465 e. The van der Waals surface area contributed by atoms with E-state index in [1.165, 1.54) is 10.5 Å². The van der Waals surface area contributed by atoms with Crippen LogP contribution in [0.15, 0.2) is 46.0 Å². The summed E-state index contributed by atoms with van der Waals surface area (Å²) in [5.74, 6) is 1.05. The lowest BCUT2D eigenvalue weighted by Crippen LogP contribution is -2.42. The van der Waals surface area contributed by atoms with Gasteiger partial charge in [0.25, 0.3) is 0 Å². The molecule has 1 amide bonds. The molecule has 2 fully saturated rings. The number of rotatable bonds is 5. The zero-order chi connectivity index (χ0) is 20.5. The summed E-state index contributed by atoms with van der Waals surface area (Å²) >= 11 is 0. The van der Waals surface area contributed by atoms with E-state index < -0.39 is 10.0 Å². The van der Waals surface area contributed by atoms with Gasteiger partial charge >= 0.3 is 0 Å². The molecule has 1 spiro atoms. The maximum atomic E-state index is 13.1. The number of hydrogen-bond acceptors (Lipinski definition) is 5. The summed E-state index contributed by atoms with van der Waals surface area (Å²) in [6.07, 6.45) is 7.88. The molecule has 29 heavy (non-hydrogen) atoms. The molecule has 1 saturated carbocycles. The van der Waals surface area contributed by atoms with Crippen molar-refractivity contribution in [3.8, 4) is 0 Å². The van der Waals surface area contributed by atoms with Crippen LogP contribution in [0, 0.1) is 18.3 Å². The number of aryl methyl sites for hydroxylation is 1. The fourth-order valence-electron chi connectivity index (χ4n) is 4.76. The first-order valence-electron chi connectivity index (χ1n) is 10.1. The van der Waals surface area contributed by atoms with Crippen LogP contribution in [0.4, 0.5) is 0 Å². The van der Waals surface area contributed by atoms with Gasteiger partial charge in [-0.2, -0.15) is 4.31 Å². The van der Waals surface area contributed by atoms with Crippen LogP contribution in [0.2, 0.25) is 0 Å². The molecule has 2 aromatic heterocycles. The average molecular weight is 418 g/mol. The number of hydrogen-bond donors (Lipinski definition) is 1. The number of pyridine rings is 1. The standard InChI is InChI=1S/C21H27N3O4S/c1-16-7-8-17(28-16)12-23-20(25)19-14-24(15-21(19)9-3-2-4-10-21)29(26,27)18-6-5-11-22-13-18/h5-8,11,13,19H,2-4,9-10,12,14-15H2,1H3,(H,23,25)/t19-/m1/s1. The van der Waals surface area contributed by atoms with Crippen LogP contribution in [-0.2, 0) is 21.4 Å². The smallest absolute Gasteiger partial charge is 0.244 e. The van der Waals surface area contributed by atoms with Gasteiger partial charge in [0.1, 0.15) is 16.4 Å². The Morgan fingerprint density at radius 2 is 2.07 bits per heavy atom. The minimum absolute atomic E-state index is 0.0927. The van der Waals surface area contributed by atoms with Crippen LogP contribution < -0.4 is 5.32 Å². The fourth-order valence-corrected chi connectivity index (χ4v) is 6.27. The molecule has 4 rings (SSSR count). The van der Waals surface area contributed by atoms with E-state index in [2.05, 4.69) is 10.3 Å². The van der Waals surface area contributed by atoms with Gasteiger partial charge in [-0.05, 0) is 49.4 Å². The first kappa shape index (κ1) is 20.1. The molecule has 1 atom stereocenters. The zero-order valence-electron chi connectivity index (χ0n) is 16.6. The molecular formula is C21H27N3O4S. The number of nitrogens with one attached hydrogen (secondary N) is 1. The van der Waals surface area contributed by atoms with Gasteiger partial charge in [-0.15, -0.1) is 0 Å². The van der Waals surface area contributed by atoms with Crippen molar-refractivity contribution in [2.24, 2.45) is 11.3 Å². The number of carbonyl (C=O) groups excluding carboxylic acids is 1. The van der Waals surface area contributed by atoms with Gasteiger partial charge in [-0.1, -0.05) is 19.3 Å². The Labute approximate surface area is 171 Å². The quantitative estimate of drug-likeness (QED) is 0.808. The fraction of sp³-hybridized carbons (Fsp3) is 0.524. The number of carbonyl (C=O) groups is 1. The van der Waals surface area contributed by atoms with Gasteiger partial charge in [0, 0.05) is 25.5 Å². The van der Waals surface area contributed by atoms with Gasteiger partial charge in [0.15, 0.2) is 0 Å². The highest BCUT2D eigenvalue weighted by molar-refractivity contribution is 7.89. The summed E-state index contributed by atoms with van der Waals surface area (Å²) in [6.45, 7) is 2.78. The molecule has 0 bridgehead atoms. The highest BCUT2D eigenvalue weighted by Crippen LogP contribution is 2.48. The third-order valence-electron chi connectivity index (χ3n) is 6.29. The molecule has 0 unspecified atom stereocenters. The minimum Gasteiger partial charge on any atom is -0.465 e. The summed E-state index contributed by atoms with van der Waals surface area (Å²) in [6, 6.07) is 6.89. The van der Waals surface area contributed by atoms with Crippen molar-refractivity contribution in [1.29, 1.82) is 0 Å². The lowest BCUT2D eigenvalue weighted by atomic mass is 9.67. The number of aromatic nitrogens is 1. The first-order chi connectivity index (χ1) is 13.9. The summed E-state index contributed by atoms with van der Waals surface area (Å²) in [4.78, 5) is 17.3. The van der Waals surface area contributed by atoms with E-state index in [9.17, 15) is 13.2 Å². The van der Waals surface area contributed by atoms with E-state index >= 15 is 0 Å². The van der Waals surface area contributed by atoms with E-state index in [0.717, 1.165) is 37.9 Å². The van der Waals surface area contributed by atoms with Crippen LogP contribution in [0.5, 0.6) is 0 Å². The third-order valence-corrected chi connectivity index (χ3v) is 8.08. The zero-order valence-corrected chi connectivity index (χ0v) is 17.5. The Morgan fingerprint density at radius 3 is 2.72 bits per heavy atom. The van der Waals surface area contributed by atoms with Gasteiger partial charge < -0.3 is 9.73 Å². The molecule has 7 nitrogen and oxygen atoms in total. The van der Waals surface area contributed by atoms with E-state index in [0.29, 0.717) is 18.8 Å². The van der Waals surface area contributed by atoms with Crippen LogP contribution in [0.1, 0.15) is 43.6 Å². The molecule has 1 aliphatic carbocycles. The first-order valence-corrected chi connectivity index (χ1v) is 11.6. The van der Waals surface area contributed by atoms with E-state index in [1.54, 1.807) is 18.3 Å². The Bertz CT molecular complexity index is 965. The predicted molar refractivity (Wildman–Crippen MR) is 107 cm³/mol. The molecule has 0 radical (unpaired) electrons. The number of furan rings is 1. The molecular weight excluding hydrogens is 390 g/mol. The second kappa shape index (κ2) is 7.91. The summed E-state index contributed by atoms with van der Waals surface area (Å²) in [5.41, 5.74) is -0.295. The molecule has 1 N–H and O–H groups in total. The van der Waals surface area contributed by atoms with Crippen molar-refractivity contribution in [3.05, 3.63) is 48.2 Å². The molecule has 0 aromatic carbocycles. The monoisotopic (exact) mass is 417 g/mol. The highest BCUT2D eigenvalue weighted by Gasteiger charge is 2.53. The third kappa shape index (κ3) is 3.96. The Hall–Kier alpha value is -2.19. The topological polar surface area (TPSA) is 92.5 Å². The van der Waals surface area contributed by atoms with Crippen LogP contribution in [0.3, 0.4) is 0 Å². The SMILES string of the molecule is Cc1ccc(CNC(=O)[C@H]2CN(S(=O)(=O)c3cccnc3)CC23CCCCC3)o1. The van der Waals surface area contributed by atoms with Gasteiger partial charge in [-0.3, -0.25) is 9.78 Å². The van der Waals surface area contributed by atoms with Crippen molar-refractivity contribution >= 4 is 15.9 Å². The predicted octanol–water partition coefficient (Wildman–Crippen LogP) is 2.87. The highest BCUT2D eigenvalue weighted by atomic mass is 32.2. The Morgan fingerprint density at radius 1 is 1.28 bits per heavy atom. The van der Waals surface area contributed by atoms with Crippen LogP contribution >= 0.6 is 0 Å². The minimum atomic E-state index is -3.67. The summed E-state index contributed by atoms with van der Waals surface area (Å²) < 4.78 is 33.3. The van der Waals surface area contributed by atoms with Crippen LogP contribution in [0.25, 0.3) is 0 Å². The number of sulfonamides is 1. The Kier molecular flexibility index (Phi) is 5.48. The molecule has 1 aliphatic heterocycles. The van der Waals surface area contributed by atoms with Crippen molar-refractivity contribution in [2.75, 3.05) is 13.1 Å². The average Bonchev–Trinajstić information content (AvgIpc) is 3.31. The lowest BCUT2D eigenvalue weighted by Gasteiger charge is -2.37. The van der Waals surface area contributed by atoms with Crippen molar-refractivity contribution < 1.29 is 17.6 Å². The van der Waals surface area contributed by atoms with Crippen molar-refractivity contribution in [2.45, 2.75) is 50.5 Å². The van der Waals surface area contributed by atoms with E-state index in [4.69, 9.17) is 4.42 Å². The van der Waals surface area contributed by atoms with Crippen LogP contribution in [-0.4, -0.2) is 36.7 Å². The summed E-state index contributed by atoms with van der Waals surface area (Å²) in [7, 11) is -3.67. The molecule has 156 valence electrons. The van der Waals surface area contributed by atoms with E-state index in [-0.39, 0.29) is 28.7 Å². The molecule has 8 heteroatoms. The molecule has 1 saturated heterocycles. The molecule has 3 heterocycles.